The first-order chi connectivity index (χ1) is 32.9. The fourth-order valence-corrected chi connectivity index (χ4v) is 14.0. The number of rotatable bonds is 11. The van der Waals surface area contributed by atoms with Crippen LogP contribution in [0.2, 0.25) is 36.3 Å². The molecule has 27 heteroatoms. The maximum absolute atomic E-state index is 14.4. The number of carbonyl (C=O) groups excluding carboxylic acids is 1. The van der Waals surface area contributed by atoms with Crippen LogP contribution in [0.15, 0.2) is 54.1 Å². The first kappa shape index (κ1) is 52.6. The Morgan fingerprint density at radius 2 is 1.59 bits per heavy atom. The van der Waals surface area contributed by atoms with Crippen LogP contribution in [0.4, 0.5) is 5.82 Å². The van der Waals surface area contributed by atoms with Crippen LogP contribution in [0.5, 0.6) is 0 Å². The normalized spacial score (nSPS) is 27.7. The largest absolute Gasteiger partial charge is 0.697 e. The predicted molar refractivity (Wildman–Crippen MR) is 269 cm³/mol. The average Bonchev–Trinajstić information content (AvgIpc) is 4.04. The van der Waals surface area contributed by atoms with Gasteiger partial charge in [0.05, 0.1) is 18.6 Å². The van der Waals surface area contributed by atoms with Gasteiger partial charge in [0, 0.05) is 10.1 Å². The van der Waals surface area contributed by atoms with Crippen LogP contribution in [0.25, 0.3) is 26.4 Å². The summed E-state index contributed by atoms with van der Waals surface area (Å²) in [6.07, 6.45) is -4.43. The molecule has 4 aromatic heterocycles. The van der Waals surface area contributed by atoms with E-state index in [-0.39, 0.29) is 46.0 Å². The zero-order valence-electron chi connectivity index (χ0n) is 40.8. The summed E-state index contributed by atoms with van der Waals surface area (Å²) in [5.74, 6) is -0.321. The Kier molecular flexibility index (Phi) is 15.3. The summed E-state index contributed by atoms with van der Waals surface area (Å²) in [5, 5.41) is 2.17. The molecule has 10 atom stereocenters. The highest BCUT2D eigenvalue weighted by atomic mass is 32.5. The van der Waals surface area contributed by atoms with E-state index in [2.05, 4.69) is 89.7 Å². The number of anilines is 1. The zero-order chi connectivity index (χ0) is 50.6. The van der Waals surface area contributed by atoms with Crippen molar-refractivity contribution in [3.8, 4) is 0 Å². The molecule has 1 N–H and O–H groups in total. The van der Waals surface area contributed by atoms with Gasteiger partial charge in [-0.3, -0.25) is 23.2 Å². The molecule has 1 amide bonds. The lowest BCUT2D eigenvalue weighted by molar-refractivity contribution is -0.0605. The number of carbonyl (C=O) groups is 1. The number of benzene rings is 1. The van der Waals surface area contributed by atoms with Gasteiger partial charge in [0.1, 0.15) is 66.6 Å². The number of aromatic nitrogens is 7. The molecule has 1 aromatic carbocycles. The van der Waals surface area contributed by atoms with E-state index in [1.807, 2.05) is 20.0 Å². The minimum atomic E-state index is -3.96. The number of nitrogens with one attached hydrogen (secondary N) is 1. The number of fused-ring (bicyclic) bond motifs is 5. The first-order valence-electron chi connectivity index (χ1n) is 22.6. The molecule has 0 spiro atoms. The summed E-state index contributed by atoms with van der Waals surface area (Å²) < 4.78 is 78.0. The van der Waals surface area contributed by atoms with Crippen molar-refractivity contribution in [1.29, 1.82) is 0 Å². The van der Waals surface area contributed by atoms with Gasteiger partial charge in [0.2, 0.25) is 6.54 Å². The Bertz CT molecular complexity index is 2910. The third-order valence-electron chi connectivity index (χ3n) is 13.4. The van der Waals surface area contributed by atoms with Crippen molar-refractivity contribution >= 4 is 88.0 Å². The molecule has 3 aliphatic heterocycles. The molecule has 2 bridgehead atoms. The molecule has 70 heavy (non-hydrogen) atoms. The summed E-state index contributed by atoms with van der Waals surface area (Å²) in [5.41, 5.74) is 2.16. The molecule has 376 valence electrons. The molecule has 8 rings (SSSR count). The monoisotopic (exact) mass is 1070 g/mol. The highest BCUT2D eigenvalue weighted by molar-refractivity contribution is 8.07. The van der Waals surface area contributed by atoms with E-state index in [0.29, 0.717) is 22.4 Å². The number of amides is 1. The molecule has 0 radical (unpaired) electrons. The minimum absolute atomic E-state index is 0.0567. The van der Waals surface area contributed by atoms with Gasteiger partial charge in [0.25, 0.3) is 5.91 Å². The Morgan fingerprint density at radius 3 is 2.27 bits per heavy atom. The molecule has 21 nitrogen and oxygen atoms in total. The molecule has 0 saturated carbocycles. The second-order valence-electron chi connectivity index (χ2n) is 20.1. The zero-order valence-corrected chi connectivity index (χ0v) is 46.2. The first-order valence-corrected chi connectivity index (χ1v) is 32.9. The molecule has 0 aliphatic carbocycles. The minimum Gasteiger partial charge on any atom is -0.408 e. The van der Waals surface area contributed by atoms with E-state index >= 15 is 0 Å². The summed E-state index contributed by atoms with van der Waals surface area (Å²) >= 11 is 7.07. The molecular weight excluding hydrogens is 1020 g/mol. The van der Waals surface area contributed by atoms with Crippen molar-refractivity contribution in [2.45, 2.75) is 134 Å². The van der Waals surface area contributed by atoms with Crippen LogP contribution in [-0.4, -0.2) is 120 Å². The van der Waals surface area contributed by atoms with Crippen molar-refractivity contribution in [3.63, 3.8) is 0 Å². The Balaban J connectivity index is 1.21. The van der Waals surface area contributed by atoms with Crippen LogP contribution in [0, 0.1) is 13.5 Å². The topological polar surface area (TPSA) is 225 Å². The van der Waals surface area contributed by atoms with Crippen molar-refractivity contribution in [3.05, 3.63) is 81.7 Å². The van der Waals surface area contributed by atoms with E-state index in [1.54, 1.807) is 41.2 Å². The molecule has 2 unspecified atom stereocenters. The van der Waals surface area contributed by atoms with E-state index in [0.717, 1.165) is 11.3 Å². The number of hydrogen-bond acceptors (Lipinski definition) is 19. The van der Waals surface area contributed by atoms with E-state index in [4.69, 9.17) is 59.3 Å². The lowest BCUT2D eigenvalue weighted by atomic mass is 10.1. The van der Waals surface area contributed by atoms with Crippen LogP contribution >= 0.6 is 26.3 Å². The third-order valence-corrected chi connectivity index (χ3v) is 26.5. The van der Waals surface area contributed by atoms with Gasteiger partial charge in [-0.25, -0.2) is 31.5 Å². The van der Waals surface area contributed by atoms with E-state index in [1.165, 1.54) is 17.2 Å². The fourth-order valence-electron chi connectivity index (χ4n) is 7.62. The summed E-state index contributed by atoms with van der Waals surface area (Å²) in [6.45, 7) is 25.2. The Morgan fingerprint density at radius 1 is 0.929 bits per heavy atom. The second kappa shape index (κ2) is 20.3. The quantitative estimate of drug-likeness (QED) is 0.0566. The standard InChI is InChI=1S/C43H57N9O12P2S2Si2/c1-25-29-36(47-22-45-25)51(24-49-29)39-32-31(63-69(9,10)42(2,3)4)27(59-39)20-56-65(55)61-30-28(21-58-66(67,62-32)57-19-18-44-8)60-40(33(30)64-70(11,12)43(5,6)7)52-37-34(68-41(52)54)35(46-23-48-37)50-38(53)26-16-14-13-15-17-26/h13-17,22-24,27-28,30-33,39-40H,18-21H2,1-7,9-12H3/p+1/t27-,28-,30-,31-,32-,33-,39-,40-,66?/m1/s1. The highest BCUT2D eigenvalue weighted by Crippen LogP contribution is 2.57. The Hall–Kier alpha value is -3.68. The van der Waals surface area contributed by atoms with Crippen molar-refractivity contribution < 1.29 is 50.3 Å². The third kappa shape index (κ3) is 10.7. The lowest BCUT2D eigenvalue weighted by Crippen LogP contribution is -2.50. The number of imidazole rings is 1. The van der Waals surface area contributed by atoms with Crippen LogP contribution < -0.4 is 10.2 Å². The van der Waals surface area contributed by atoms with Gasteiger partial charge in [-0.2, -0.15) is 0 Å². The number of ether oxygens (including phenoxy) is 2. The number of aryl methyl sites for hydroxylation is 1. The van der Waals surface area contributed by atoms with Gasteiger partial charge in [0.15, 0.2) is 52.3 Å². The molecule has 7 heterocycles. The van der Waals surface area contributed by atoms with Crippen LogP contribution in [0.1, 0.15) is 70.1 Å². The molecular formula is C43H58N9O12P2S2Si2+. The van der Waals surface area contributed by atoms with E-state index in [9.17, 15) is 14.2 Å². The van der Waals surface area contributed by atoms with Crippen LogP contribution in [0.3, 0.4) is 0 Å². The SMILES string of the molecule is [C-]#[N+]CCOP1(=S)OC[C@H]2O[C@@H](n3c(=O)sc4c(NC(=O)c5ccccc5)ncnc43)[C@H](O[Si](C)(C)C(C)(C)C)[C@@H]2O[P+](=O)OC[C@H]2O[C@@H](n3cnc4c(C)ncnc43)[C@H](O1)[C@@H]2O[Si](C)(C)C(C)(C)C. The van der Waals surface area contributed by atoms with Crippen LogP contribution in [-0.2, 0) is 57.3 Å². The van der Waals surface area contributed by atoms with Crippen molar-refractivity contribution in [2.75, 3.05) is 31.7 Å². The molecule has 3 fully saturated rings. The molecule has 5 aromatic rings. The Labute approximate surface area is 417 Å². The summed E-state index contributed by atoms with van der Waals surface area (Å²) in [7, 11) is -8.45. The highest BCUT2D eigenvalue weighted by Gasteiger charge is 2.59. The lowest BCUT2D eigenvalue weighted by Gasteiger charge is -2.40. The van der Waals surface area contributed by atoms with Gasteiger partial charge in [-0.15, -0.1) is 9.05 Å². The van der Waals surface area contributed by atoms with E-state index < -0.39 is 98.1 Å². The van der Waals surface area contributed by atoms with Gasteiger partial charge in [-0.1, -0.05) is 71.1 Å². The van der Waals surface area contributed by atoms with Gasteiger partial charge in [-0.05, 0) is 67.1 Å². The van der Waals surface area contributed by atoms with Crippen molar-refractivity contribution in [2.24, 2.45) is 0 Å². The van der Waals surface area contributed by atoms with Gasteiger partial charge < -0.3 is 37.5 Å². The number of thiazole rings is 1. The van der Waals surface area contributed by atoms with Crippen molar-refractivity contribution in [1.82, 2.24) is 34.1 Å². The average molecular weight is 1080 g/mol. The number of nitrogens with zero attached hydrogens (tertiary/aromatic N) is 8. The second-order valence-corrected chi connectivity index (χ2v) is 34.5. The number of hydrogen-bond donors (Lipinski definition) is 1. The molecule has 3 saturated heterocycles. The predicted octanol–water partition coefficient (Wildman–Crippen LogP) is 8.46. The maximum Gasteiger partial charge on any atom is 0.697 e. The summed E-state index contributed by atoms with van der Waals surface area (Å²) in [4.78, 5) is 52.9. The molecule has 3 aliphatic rings. The fraction of sp³-hybridized carbons (Fsp3) is 0.581. The van der Waals surface area contributed by atoms with Gasteiger partial charge >= 0.3 is 19.8 Å². The maximum atomic E-state index is 14.4. The smallest absolute Gasteiger partial charge is 0.408 e. The summed E-state index contributed by atoms with van der Waals surface area (Å²) in [6, 6.07) is 8.59.